The molecule has 1 aliphatic heterocycles. The minimum atomic E-state index is 0.792. The highest BCUT2D eigenvalue weighted by atomic mass is 16.5. The molecular weight excluding hydrogens is 210 g/mol. The van der Waals surface area contributed by atoms with Gasteiger partial charge in [0, 0.05) is 17.7 Å². The fraction of sp³-hybridized carbons (Fsp3) is 0.200. The van der Waals surface area contributed by atoms with Crippen molar-refractivity contribution in [2.45, 2.75) is 13.3 Å². The standard InChI is InChI=1S/C15H15NO/c1-10-9-12(5-6-14(10)16)13-4-2-3-11-7-8-17-15(11)13/h2-6,9H,7-8,16H2,1H3. The van der Waals surface area contributed by atoms with E-state index in [1.165, 1.54) is 16.7 Å². The molecule has 0 saturated carbocycles. The van der Waals surface area contributed by atoms with Crippen LogP contribution in [0.25, 0.3) is 11.1 Å². The molecule has 2 nitrogen and oxygen atoms in total. The summed E-state index contributed by atoms with van der Waals surface area (Å²) in [7, 11) is 0. The van der Waals surface area contributed by atoms with Crippen LogP contribution in [0.15, 0.2) is 36.4 Å². The van der Waals surface area contributed by atoms with Crippen molar-refractivity contribution in [2.75, 3.05) is 12.3 Å². The zero-order chi connectivity index (χ0) is 11.8. The minimum Gasteiger partial charge on any atom is -0.492 e. The van der Waals surface area contributed by atoms with E-state index < -0.39 is 0 Å². The molecule has 1 heterocycles. The fourth-order valence-corrected chi connectivity index (χ4v) is 2.29. The summed E-state index contributed by atoms with van der Waals surface area (Å²) in [4.78, 5) is 0. The number of anilines is 1. The quantitative estimate of drug-likeness (QED) is 0.756. The molecule has 2 aromatic carbocycles. The van der Waals surface area contributed by atoms with E-state index in [-0.39, 0.29) is 0 Å². The van der Waals surface area contributed by atoms with Crippen molar-refractivity contribution in [1.82, 2.24) is 0 Å². The predicted molar refractivity (Wildman–Crippen MR) is 70.2 cm³/mol. The van der Waals surface area contributed by atoms with Crippen LogP contribution in [0, 0.1) is 6.92 Å². The molecule has 0 aliphatic carbocycles. The van der Waals surface area contributed by atoms with E-state index in [1.54, 1.807) is 0 Å². The summed E-state index contributed by atoms with van der Waals surface area (Å²) >= 11 is 0. The molecule has 0 atom stereocenters. The Bertz CT molecular complexity index is 575. The van der Waals surface area contributed by atoms with Gasteiger partial charge < -0.3 is 10.5 Å². The summed E-state index contributed by atoms with van der Waals surface area (Å²) in [6, 6.07) is 12.5. The summed E-state index contributed by atoms with van der Waals surface area (Å²) in [6.07, 6.45) is 1.01. The number of hydrogen-bond acceptors (Lipinski definition) is 2. The topological polar surface area (TPSA) is 35.2 Å². The van der Waals surface area contributed by atoms with E-state index in [2.05, 4.69) is 30.3 Å². The Balaban J connectivity index is 2.15. The van der Waals surface area contributed by atoms with Crippen LogP contribution in [0.4, 0.5) is 5.69 Å². The van der Waals surface area contributed by atoms with Crippen LogP contribution in [-0.4, -0.2) is 6.61 Å². The fourth-order valence-electron chi connectivity index (χ4n) is 2.29. The summed E-state index contributed by atoms with van der Waals surface area (Å²) < 4.78 is 5.72. The van der Waals surface area contributed by atoms with Crippen molar-refractivity contribution in [1.29, 1.82) is 0 Å². The smallest absolute Gasteiger partial charge is 0.130 e. The number of ether oxygens (including phenoxy) is 1. The van der Waals surface area contributed by atoms with Gasteiger partial charge in [0.05, 0.1) is 6.61 Å². The second-order valence-electron chi connectivity index (χ2n) is 4.46. The SMILES string of the molecule is Cc1cc(-c2cccc3c2OCC3)ccc1N. The van der Waals surface area contributed by atoms with Crippen LogP contribution in [-0.2, 0) is 6.42 Å². The van der Waals surface area contributed by atoms with E-state index in [0.717, 1.165) is 30.0 Å². The molecule has 86 valence electrons. The van der Waals surface area contributed by atoms with Gasteiger partial charge in [-0.1, -0.05) is 24.3 Å². The lowest BCUT2D eigenvalue weighted by Gasteiger charge is -2.09. The van der Waals surface area contributed by atoms with Gasteiger partial charge in [-0.15, -0.1) is 0 Å². The number of nitrogens with two attached hydrogens (primary N) is 1. The number of rotatable bonds is 1. The van der Waals surface area contributed by atoms with Crippen LogP contribution in [0.1, 0.15) is 11.1 Å². The van der Waals surface area contributed by atoms with E-state index in [4.69, 9.17) is 10.5 Å². The first-order valence-electron chi connectivity index (χ1n) is 5.87. The van der Waals surface area contributed by atoms with Crippen LogP contribution in [0.2, 0.25) is 0 Å². The zero-order valence-corrected chi connectivity index (χ0v) is 9.86. The minimum absolute atomic E-state index is 0.792. The number of benzene rings is 2. The summed E-state index contributed by atoms with van der Waals surface area (Å²) in [6.45, 7) is 2.82. The first-order chi connectivity index (χ1) is 8.25. The third-order valence-electron chi connectivity index (χ3n) is 3.30. The molecule has 17 heavy (non-hydrogen) atoms. The highest BCUT2D eigenvalue weighted by Crippen LogP contribution is 2.37. The Labute approximate surface area is 101 Å². The second kappa shape index (κ2) is 3.81. The van der Waals surface area contributed by atoms with Crippen LogP contribution in [0.3, 0.4) is 0 Å². The number of hydrogen-bond donors (Lipinski definition) is 1. The predicted octanol–water partition coefficient (Wildman–Crippen LogP) is 3.18. The van der Waals surface area contributed by atoms with Gasteiger partial charge in [0.15, 0.2) is 0 Å². The zero-order valence-electron chi connectivity index (χ0n) is 9.86. The van der Waals surface area contributed by atoms with Crippen molar-refractivity contribution in [3.8, 4) is 16.9 Å². The lowest BCUT2D eigenvalue weighted by atomic mass is 9.99. The van der Waals surface area contributed by atoms with Gasteiger partial charge in [-0.3, -0.25) is 0 Å². The first-order valence-corrected chi connectivity index (χ1v) is 5.87. The third-order valence-corrected chi connectivity index (χ3v) is 3.30. The lowest BCUT2D eigenvalue weighted by Crippen LogP contribution is -1.91. The van der Waals surface area contributed by atoms with Crippen LogP contribution < -0.4 is 10.5 Å². The Hall–Kier alpha value is -1.96. The van der Waals surface area contributed by atoms with Crippen molar-refractivity contribution < 1.29 is 4.74 Å². The largest absolute Gasteiger partial charge is 0.492 e. The number of nitrogen functional groups attached to an aromatic ring is 1. The molecule has 0 amide bonds. The van der Waals surface area contributed by atoms with E-state index in [0.29, 0.717) is 0 Å². The molecule has 0 spiro atoms. The van der Waals surface area contributed by atoms with Crippen molar-refractivity contribution in [2.24, 2.45) is 0 Å². The molecule has 3 rings (SSSR count). The van der Waals surface area contributed by atoms with Crippen molar-refractivity contribution in [3.63, 3.8) is 0 Å². The monoisotopic (exact) mass is 225 g/mol. The summed E-state index contributed by atoms with van der Waals surface area (Å²) in [5.41, 5.74) is 11.4. The highest BCUT2D eigenvalue weighted by molar-refractivity contribution is 5.75. The Kier molecular flexibility index (Phi) is 2.29. The van der Waals surface area contributed by atoms with E-state index in [9.17, 15) is 0 Å². The molecular formula is C15H15NO. The maximum atomic E-state index is 5.85. The van der Waals surface area contributed by atoms with Crippen LogP contribution in [0.5, 0.6) is 5.75 Å². The molecule has 1 aliphatic rings. The molecule has 0 bridgehead atoms. The van der Waals surface area contributed by atoms with Gasteiger partial charge in [0.1, 0.15) is 5.75 Å². The summed E-state index contributed by atoms with van der Waals surface area (Å²) in [5.74, 6) is 1.04. The first kappa shape index (κ1) is 10.2. The number of para-hydroxylation sites is 1. The van der Waals surface area contributed by atoms with E-state index in [1.807, 2.05) is 13.0 Å². The Morgan fingerprint density at radius 2 is 2.06 bits per heavy atom. The van der Waals surface area contributed by atoms with Crippen molar-refractivity contribution in [3.05, 3.63) is 47.5 Å². The van der Waals surface area contributed by atoms with E-state index >= 15 is 0 Å². The molecule has 2 aromatic rings. The molecule has 0 saturated heterocycles. The summed E-state index contributed by atoms with van der Waals surface area (Å²) in [5, 5.41) is 0. The lowest BCUT2D eigenvalue weighted by molar-refractivity contribution is 0.358. The average Bonchev–Trinajstić information content (AvgIpc) is 2.80. The van der Waals surface area contributed by atoms with Gasteiger partial charge >= 0.3 is 0 Å². The second-order valence-corrected chi connectivity index (χ2v) is 4.46. The van der Waals surface area contributed by atoms with Crippen molar-refractivity contribution >= 4 is 5.69 Å². The maximum absolute atomic E-state index is 5.85. The molecule has 2 heteroatoms. The Morgan fingerprint density at radius 1 is 1.18 bits per heavy atom. The number of fused-ring (bicyclic) bond motifs is 1. The molecule has 0 unspecified atom stereocenters. The van der Waals surface area contributed by atoms with Gasteiger partial charge in [-0.25, -0.2) is 0 Å². The molecule has 0 radical (unpaired) electrons. The third kappa shape index (κ3) is 1.66. The maximum Gasteiger partial charge on any atom is 0.130 e. The van der Waals surface area contributed by atoms with Gasteiger partial charge in [0.25, 0.3) is 0 Å². The van der Waals surface area contributed by atoms with Gasteiger partial charge in [-0.05, 0) is 35.7 Å². The molecule has 0 aromatic heterocycles. The normalized spacial score (nSPS) is 13.2. The molecule has 2 N–H and O–H groups in total. The van der Waals surface area contributed by atoms with Gasteiger partial charge in [0.2, 0.25) is 0 Å². The number of aryl methyl sites for hydroxylation is 1. The molecule has 0 fully saturated rings. The van der Waals surface area contributed by atoms with Crippen LogP contribution >= 0.6 is 0 Å². The Morgan fingerprint density at radius 3 is 2.88 bits per heavy atom. The average molecular weight is 225 g/mol. The highest BCUT2D eigenvalue weighted by Gasteiger charge is 2.16. The van der Waals surface area contributed by atoms with Gasteiger partial charge in [-0.2, -0.15) is 0 Å².